The van der Waals surface area contributed by atoms with Crippen molar-refractivity contribution >= 4 is 0 Å². The van der Waals surface area contributed by atoms with Gasteiger partial charge in [-0.25, -0.2) is 9.67 Å². The molecule has 1 aliphatic heterocycles. The van der Waals surface area contributed by atoms with E-state index in [0.29, 0.717) is 6.04 Å². The van der Waals surface area contributed by atoms with E-state index >= 15 is 0 Å². The Morgan fingerprint density at radius 1 is 1.47 bits per heavy atom. The van der Waals surface area contributed by atoms with E-state index in [1.165, 1.54) is 12.8 Å². The highest BCUT2D eigenvalue weighted by Gasteiger charge is 2.17. The lowest BCUT2D eigenvalue weighted by Gasteiger charge is -2.23. The second-order valence-corrected chi connectivity index (χ2v) is 4.64. The highest BCUT2D eigenvalue weighted by molar-refractivity contribution is 4.86. The third-order valence-electron chi connectivity index (χ3n) is 3.42. The van der Waals surface area contributed by atoms with Crippen molar-refractivity contribution < 1.29 is 0 Å². The van der Waals surface area contributed by atoms with Gasteiger partial charge in [0.15, 0.2) is 0 Å². The molecule has 17 heavy (non-hydrogen) atoms. The van der Waals surface area contributed by atoms with E-state index in [1.807, 2.05) is 4.68 Å². The molecular weight excluding hydrogens is 214 g/mol. The Balaban J connectivity index is 1.97. The van der Waals surface area contributed by atoms with E-state index in [1.54, 1.807) is 6.33 Å². The van der Waals surface area contributed by atoms with Gasteiger partial charge in [-0.1, -0.05) is 6.92 Å². The molecule has 1 aromatic heterocycles. The average molecular weight is 237 g/mol. The lowest BCUT2D eigenvalue weighted by Crippen LogP contribution is -2.37. The van der Waals surface area contributed by atoms with Crippen molar-refractivity contribution in [3.63, 3.8) is 0 Å². The van der Waals surface area contributed by atoms with Crippen molar-refractivity contribution in [2.45, 2.75) is 45.8 Å². The summed E-state index contributed by atoms with van der Waals surface area (Å²) in [4.78, 5) is 6.84. The lowest BCUT2D eigenvalue weighted by molar-refractivity contribution is 0.247. The van der Waals surface area contributed by atoms with Crippen molar-refractivity contribution in [1.29, 1.82) is 0 Å². The van der Waals surface area contributed by atoms with Crippen LogP contribution >= 0.6 is 0 Å². The molecule has 1 aliphatic rings. The molecular formula is C12H23N5. The maximum Gasteiger partial charge on any atom is 0.140 e. The number of hydrogen-bond acceptors (Lipinski definition) is 4. The number of rotatable bonds is 4. The fraction of sp³-hybridized carbons (Fsp3) is 0.833. The summed E-state index contributed by atoms with van der Waals surface area (Å²) in [6.07, 6.45) is 4.07. The first kappa shape index (κ1) is 12.5. The molecule has 0 spiro atoms. The number of nitrogens with one attached hydrogen (secondary N) is 1. The summed E-state index contributed by atoms with van der Waals surface area (Å²) in [5.74, 6) is 1.09. The van der Waals surface area contributed by atoms with E-state index in [4.69, 9.17) is 0 Å². The van der Waals surface area contributed by atoms with Crippen LogP contribution in [0.3, 0.4) is 0 Å². The van der Waals surface area contributed by atoms with Crippen LogP contribution in [0.4, 0.5) is 0 Å². The van der Waals surface area contributed by atoms with E-state index in [2.05, 4.69) is 34.1 Å². The number of aryl methyl sites for hydroxylation is 1. The zero-order valence-electron chi connectivity index (χ0n) is 10.9. The fourth-order valence-corrected chi connectivity index (χ4v) is 2.37. The molecule has 1 atom stereocenters. The van der Waals surface area contributed by atoms with Gasteiger partial charge in [-0.05, 0) is 32.9 Å². The molecule has 1 aromatic rings. The molecule has 0 bridgehead atoms. The van der Waals surface area contributed by atoms with Gasteiger partial charge in [-0.15, -0.1) is 0 Å². The molecule has 1 saturated heterocycles. The minimum atomic E-state index is 0.621. The quantitative estimate of drug-likeness (QED) is 0.844. The topological polar surface area (TPSA) is 46.0 Å². The van der Waals surface area contributed by atoms with Crippen molar-refractivity contribution in [3.8, 4) is 0 Å². The summed E-state index contributed by atoms with van der Waals surface area (Å²) < 4.78 is 1.99. The molecule has 0 radical (unpaired) electrons. The first-order chi connectivity index (χ1) is 8.33. The standard InChI is InChI=1S/C12H23N5/c1-3-11-8-16(7-5-6-13-11)9-12-14-10-15-17(12)4-2/h10-11,13H,3-9H2,1-2H3. The van der Waals surface area contributed by atoms with Gasteiger partial charge >= 0.3 is 0 Å². The van der Waals surface area contributed by atoms with Gasteiger partial charge in [0, 0.05) is 19.1 Å². The molecule has 1 unspecified atom stereocenters. The van der Waals surface area contributed by atoms with Gasteiger partial charge in [-0.3, -0.25) is 4.90 Å². The summed E-state index contributed by atoms with van der Waals surface area (Å²) in [5.41, 5.74) is 0. The normalized spacial score (nSPS) is 22.6. The van der Waals surface area contributed by atoms with Gasteiger partial charge < -0.3 is 5.32 Å². The molecule has 0 amide bonds. The molecule has 0 aliphatic carbocycles. The summed E-state index contributed by atoms with van der Waals surface area (Å²) in [6.45, 7) is 9.58. The zero-order valence-corrected chi connectivity index (χ0v) is 10.9. The lowest BCUT2D eigenvalue weighted by atomic mass is 10.2. The summed E-state index contributed by atoms with van der Waals surface area (Å²) >= 11 is 0. The SMILES string of the molecule is CCC1CN(Cc2ncnn2CC)CCCN1. The molecule has 5 nitrogen and oxygen atoms in total. The molecule has 2 rings (SSSR count). The minimum Gasteiger partial charge on any atom is -0.313 e. The molecule has 0 saturated carbocycles. The van der Waals surface area contributed by atoms with Crippen LogP contribution in [0.15, 0.2) is 6.33 Å². The van der Waals surface area contributed by atoms with Gasteiger partial charge in [-0.2, -0.15) is 5.10 Å². The Bertz CT molecular complexity index is 335. The van der Waals surface area contributed by atoms with Crippen LogP contribution in [0.5, 0.6) is 0 Å². The van der Waals surface area contributed by atoms with Crippen molar-refractivity contribution in [1.82, 2.24) is 25.0 Å². The highest BCUT2D eigenvalue weighted by Crippen LogP contribution is 2.07. The molecule has 0 aromatic carbocycles. The van der Waals surface area contributed by atoms with Crippen LogP contribution in [0, 0.1) is 0 Å². The van der Waals surface area contributed by atoms with Gasteiger partial charge in [0.1, 0.15) is 12.2 Å². The monoisotopic (exact) mass is 237 g/mol. The Morgan fingerprint density at radius 3 is 3.12 bits per heavy atom. The first-order valence-corrected chi connectivity index (χ1v) is 6.66. The predicted molar refractivity (Wildman–Crippen MR) is 67.7 cm³/mol. The van der Waals surface area contributed by atoms with E-state index < -0.39 is 0 Å². The Labute approximate surface area is 103 Å². The van der Waals surface area contributed by atoms with E-state index in [0.717, 1.165) is 38.5 Å². The summed E-state index contributed by atoms with van der Waals surface area (Å²) in [7, 11) is 0. The van der Waals surface area contributed by atoms with Crippen molar-refractivity contribution in [2.24, 2.45) is 0 Å². The number of hydrogen-bond donors (Lipinski definition) is 1. The summed E-state index contributed by atoms with van der Waals surface area (Å²) in [5, 5.41) is 7.81. The van der Waals surface area contributed by atoms with Crippen molar-refractivity contribution in [3.05, 3.63) is 12.2 Å². The predicted octanol–water partition coefficient (Wildman–Crippen LogP) is 0.872. The molecule has 1 N–H and O–H groups in total. The third-order valence-corrected chi connectivity index (χ3v) is 3.42. The molecule has 2 heterocycles. The molecule has 1 fully saturated rings. The Kier molecular flexibility index (Phi) is 4.50. The number of aromatic nitrogens is 3. The van der Waals surface area contributed by atoms with Crippen LogP contribution in [-0.2, 0) is 13.1 Å². The fourth-order valence-electron chi connectivity index (χ4n) is 2.37. The van der Waals surface area contributed by atoms with Crippen LogP contribution < -0.4 is 5.32 Å². The third kappa shape index (κ3) is 3.26. The average Bonchev–Trinajstić information content (AvgIpc) is 2.66. The number of nitrogens with zero attached hydrogens (tertiary/aromatic N) is 4. The van der Waals surface area contributed by atoms with Gasteiger partial charge in [0.05, 0.1) is 6.54 Å². The molecule has 96 valence electrons. The van der Waals surface area contributed by atoms with E-state index in [9.17, 15) is 0 Å². The zero-order chi connectivity index (χ0) is 12.1. The minimum absolute atomic E-state index is 0.621. The van der Waals surface area contributed by atoms with Gasteiger partial charge in [0.25, 0.3) is 0 Å². The molecule has 5 heteroatoms. The highest BCUT2D eigenvalue weighted by atomic mass is 15.3. The van der Waals surface area contributed by atoms with E-state index in [-0.39, 0.29) is 0 Å². The maximum atomic E-state index is 4.35. The smallest absolute Gasteiger partial charge is 0.140 e. The van der Waals surface area contributed by atoms with Crippen LogP contribution in [0.1, 0.15) is 32.5 Å². The van der Waals surface area contributed by atoms with Crippen LogP contribution in [0.25, 0.3) is 0 Å². The van der Waals surface area contributed by atoms with Crippen molar-refractivity contribution in [2.75, 3.05) is 19.6 Å². The summed E-state index contributed by atoms with van der Waals surface area (Å²) in [6, 6.07) is 0.621. The van der Waals surface area contributed by atoms with Crippen LogP contribution in [0.2, 0.25) is 0 Å². The van der Waals surface area contributed by atoms with Crippen LogP contribution in [-0.4, -0.2) is 45.3 Å². The Morgan fingerprint density at radius 2 is 2.35 bits per heavy atom. The largest absolute Gasteiger partial charge is 0.313 e. The maximum absolute atomic E-state index is 4.35. The first-order valence-electron chi connectivity index (χ1n) is 6.66. The second kappa shape index (κ2) is 6.12. The second-order valence-electron chi connectivity index (χ2n) is 4.64. The Hall–Kier alpha value is -0.940. The van der Waals surface area contributed by atoms with Gasteiger partial charge in [0.2, 0.25) is 0 Å².